The SMILES string of the molecule is CC(C)(C)OC(=O)CCc1ccc(S(=O)(=O)Nc2ccc(C(=O)O)cn2)cc1. The highest BCUT2D eigenvalue weighted by Crippen LogP contribution is 2.17. The molecule has 0 aliphatic heterocycles. The maximum atomic E-state index is 12.4. The summed E-state index contributed by atoms with van der Waals surface area (Å²) in [4.78, 5) is 26.4. The number of sulfonamides is 1. The fourth-order valence-corrected chi connectivity index (χ4v) is 3.26. The number of carbonyl (C=O) groups is 2. The number of nitrogens with one attached hydrogen (secondary N) is 1. The highest BCUT2D eigenvalue weighted by Gasteiger charge is 2.17. The summed E-state index contributed by atoms with van der Waals surface area (Å²) in [5.41, 5.74) is 0.211. The Bertz CT molecular complexity index is 945. The van der Waals surface area contributed by atoms with Crippen molar-refractivity contribution < 1.29 is 27.9 Å². The summed E-state index contributed by atoms with van der Waals surface area (Å²) >= 11 is 0. The van der Waals surface area contributed by atoms with E-state index in [-0.39, 0.29) is 28.7 Å². The number of rotatable bonds is 7. The van der Waals surface area contributed by atoms with E-state index >= 15 is 0 Å². The minimum Gasteiger partial charge on any atom is -0.478 e. The van der Waals surface area contributed by atoms with Gasteiger partial charge in [-0.05, 0) is 57.0 Å². The van der Waals surface area contributed by atoms with Crippen LogP contribution in [0.15, 0.2) is 47.5 Å². The molecule has 9 heteroatoms. The first kappa shape index (κ1) is 21.4. The minimum atomic E-state index is -3.87. The maximum absolute atomic E-state index is 12.4. The van der Waals surface area contributed by atoms with Crippen molar-refractivity contribution in [1.82, 2.24) is 4.98 Å². The Balaban J connectivity index is 2.01. The summed E-state index contributed by atoms with van der Waals surface area (Å²) in [5, 5.41) is 8.84. The van der Waals surface area contributed by atoms with E-state index in [9.17, 15) is 18.0 Å². The smallest absolute Gasteiger partial charge is 0.337 e. The van der Waals surface area contributed by atoms with E-state index in [2.05, 4.69) is 9.71 Å². The van der Waals surface area contributed by atoms with Gasteiger partial charge in [-0.15, -0.1) is 0 Å². The van der Waals surface area contributed by atoms with Crippen molar-refractivity contribution >= 4 is 27.8 Å². The van der Waals surface area contributed by atoms with Crippen LogP contribution in [0.25, 0.3) is 0 Å². The third-order valence-electron chi connectivity index (χ3n) is 3.52. The van der Waals surface area contributed by atoms with Crippen LogP contribution >= 0.6 is 0 Å². The Morgan fingerprint density at radius 3 is 2.25 bits per heavy atom. The monoisotopic (exact) mass is 406 g/mol. The van der Waals surface area contributed by atoms with Gasteiger partial charge in [-0.2, -0.15) is 0 Å². The molecule has 1 aromatic heterocycles. The molecule has 0 amide bonds. The van der Waals surface area contributed by atoms with Gasteiger partial charge < -0.3 is 9.84 Å². The van der Waals surface area contributed by atoms with E-state index < -0.39 is 21.6 Å². The second-order valence-electron chi connectivity index (χ2n) is 7.07. The third kappa shape index (κ3) is 6.34. The Morgan fingerprint density at radius 1 is 1.11 bits per heavy atom. The number of carboxylic acid groups (broad SMARTS) is 1. The molecular formula is C19H22N2O6S. The van der Waals surface area contributed by atoms with E-state index in [1.165, 1.54) is 24.3 Å². The first-order valence-electron chi connectivity index (χ1n) is 8.49. The Kier molecular flexibility index (Phi) is 6.40. The molecule has 0 aliphatic carbocycles. The molecule has 0 spiro atoms. The molecule has 150 valence electrons. The van der Waals surface area contributed by atoms with Crippen molar-refractivity contribution in [1.29, 1.82) is 0 Å². The summed E-state index contributed by atoms with van der Waals surface area (Å²) in [6.07, 6.45) is 1.70. The number of carbonyl (C=O) groups excluding carboxylic acids is 1. The number of ether oxygens (including phenoxy) is 1. The molecule has 1 aromatic carbocycles. The number of aryl methyl sites for hydroxylation is 1. The number of aromatic carboxylic acids is 1. The third-order valence-corrected chi connectivity index (χ3v) is 4.89. The molecule has 0 radical (unpaired) electrons. The van der Waals surface area contributed by atoms with Crippen LogP contribution < -0.4 is 4.72 Å². The van der Waals surface area contributed by atoms with Crippen LogP contribution in [0.5, 0.6) is 0 Å². The molecule has 2 aromatic rings. The topological polar surface area (TPSA) is 123 Å². The second-order valence-corrected chi connectivity index (χ2v) is 8.76. The first-order chi connectivity index (χ1) is 13.0. The van der Waals surface area contributed by atoms with Crippen molar-refractivity contribution in [2.75, 3.05) is 4.72 Å². The lowest BCUT2D eigenvalue weighted by Crippen LogP contribution is -2.24. The maximum Gasteiger partial charge on any atom is 0.337 e. The van der Waals surface area contributed by atoms with Gasteiger partial charge in [0, 0.05) is 12.6 Å². The van der Waals surface area contributed by atoms with Crippen molar-refractivity contribution in [3.8, 4) is 0 Å². The van der Waals surface area contributed by atoms with E-state index in [0.717, 1.165) is 11.8 Å². The van der Waals surface area contributed by atoms with Crippen molar-refractivity contribution in [3.63, 3.8) is 0 Å². The molecule has 8 nitrogen and oxygen atoms in total. The van der Waals surface area contributed by atoms with Gasteiger partial charge in [0.1, 0.15) is 11.4 Å². The fraction of sp³-hybridized carbons (Fsp3) is 0.316. The summed E-state index contributed by atoms with van der Waals surface area (Å²) in [5.74, 6) is -1.45. The van der Waals surface area contributed by atoms with Gasteiger partial charge in [-0.25, -0.2) is 18.2 Å². The molecule has 0 unspecified atom stereocenters. The molecule has 2 rings (SSSR count). The predicted octanol–water partition coefficient (Wildman–Crippen LogP) is 2.85. The highest BCUT2D eigenvalue weighted by atomic mass is 32.2. The molecule has 0 bridgehead atoms. The average molecular weight is 406 g/mol. The van der Waals surface area contributed by atoms with Crippen LogP contribution in [0.3, 0.4) is 0 Å². The summed E-state index contributed by atoms with van der Waals surface area (Å²) in [7, 11) is -3.87. The zero-order valence-electron chi connectivity index (χ0n) is 15.8. The van der Waals surface area contributed by atoms with Gasteiger partial charge in [0.15, 0.2) is 0 Å². The van der Waals surface area contributed by atoms with Crippen LogP contribution in [0, 0.1) is 0 Å². The number of anilines is 1. The molecule has 0 atom stereocenters. The largest absolute Gasteiger partial charge is 0.478 e. The Morgan fingerprint density at radius 2 is 1.75 bits per heavy atom. The van der Waals surface area contributed by atoms with E-state index in [0.29, 0.717) is 6.42 Å². The van der Waals surface area contributed by atoms with Crippen molar-refractivity contribution in [2.45, 2.75) is 44.1 Å². The predicted molar refractivity (Wildman–Crippen MR) is 103 cm³/mol. The lowest BCUT2D eigenvalue weighted by molar-refractivity contribution is -0.154. The number of hydrogen-bond donors (Lipinski definition) is 2. The molecule has 1 heterocycles. The Hall–Kier alpha value is -2.94. The van der Waals surface area contributed by atoms with Crippen LogP contribution in [0.2, 0.25) is 0 Å². The van der Waals surface area contributed by atoms with Gasteiger partial charge in [0.05, 0.1) is 10.5 Å². The van der Waals surface area contributed by atoms with Crippen LogP contribution in [0.4, 0.5) is 5.82 Å². The van der Waals surface area contributed by atoms with Crippen molar-refractivity contribution in [2.24, 2.45) is 0 Å². The second kappa shape index (κ2) is 8.39. The minimum absolute atomic E-state index is 0.0130. The fourth-order valence-electron chi connectivity index (χ4n) is 2.25. The molecule has 28 heavy (non-hydrogen) atoms. The van der Waals surface area contributed by atoms with E-state index in [4.69, 9.17) is 9.84 Å². The zero-order valence-corrected chi connectivity index (χ0v) is 16.6. The van der Waals surface area contributed by atoms with E-state index in [1.807, 2.05) is 0 Å². The molecule has 0 saturated heterocycles. The first-order valence-corrected chi connectivity index (χ1v) is 9.97. The van der Waals surface area contributed by atoms with Crippen LogP contribution in [-0.4, -0.2) is 36.0 Å². The number of benzene rings is 1. The lowest BCUT2D eigenvalue weighted by atomic mass is 10.1. The molecule has 2 N–H and O–H groups in total. The Labute approximate surface area is 163 Å². The molecule has 0 saturated carbocycles. The van der Waals surface area contributed by atoms with Gasteiger partial charge >= 0.3 is 11.9 Å². The number of carboxylic acids is 1. The average Bonchev–Trinajstić information content (AvgIpc) is 2.59. The molecular weight excluding hydrogens is 384 g/mol. The lowest BCUT2D eigenvalue weighted by Gasteiger charge is -2.19. The quantitative estimate of drug-likeness (QED) is 0.678. The summed E-state index contributed by atoms with van der Waals surface area (Å²) < 4.78 is 32.4. The van der Waals surface area contributed by atoms with Gasteiger partial charge in [0.2, 0.25) is 0 Å². The number of hydrogen-bond acceptors (Lipinski definition) is 6. The highest BCUT2D eigenvalue weighted by molar-refractivity contribution is 7.92. The number of esters is 1. The number of pyridine rings is 1. The van der Waals surface area contributed by atoms with Gasteiger partial charge in [0.25, 0.3) is 10.0 Å². The summed E-state index contributed by atoms with van der Waals surface area (Å²) in [6, 6.07) is 8.64. The number of nitrogens with zero attached hydrogens (tertiary/aromatic N) is 1. The van der Waals surface area contributed by atoms with Crippen LogP contribution in [0.1, 0.15) is 43.1 Å². The van der Waals surface area contributed by atoms with Gasteiger partial charge in [-0.1, -0.05) is 12.1 Å². The summed E-state index contributed by atoms with van der Waals surface area (Å²) in [6.45, 7) is 5.38. The van der Waals surface area contributed by atoms with Crippen LogP contribution in [-0.2, 0) is 26.0 Å². The molecule has 0 fully saturated rings. The van der Waals surface area contributed by atoms with E-state index in [1.54, 1.807) is 32.9 Å². The van der Waals surface area contributed by atoms with Crippen molar-refractivity contribution in [3.05, 3.63) is 53.7 Å². The number of aromatic nitrogens is 1. The molecule has 0 aliphatic rings. The standard InChI is InChI=1S/C19H22N2O6S/c1-19(2,3)27-17(22)11-6-13-4-8-15(9-5-13)28(25,26)21-16-10-7-14(12-20-16)18(23)24/h4-5,7-10,12H,6,11H2,1-3H3,(H,20,21)(H,23,24). The van der Waals surface area contributed by atoms with Gasteiger partial charge in [-0.3, -0.25) is 9.52 Å². The zero-order chi connectivity index (χ0) is 20.9. The normalized spacial score (nSPS) is 11.7.